The molecule has 0 aliphatic carbocycles. The topological polar surface area (TPSA) is 58.0 Å². The molecule has 27 heavy (non-hydrogen) atoms. The van der Waals surface area contributed by atoms with Gasteiger partial charge in [0, 0.05) is 59.6 Å². The molecule has 134 valence electrons. The maximum atomic E-state index is 4.91. The third kappa shape index (κ3) is 3.10. The molecular weight excluding hydrogens is 356 g/mol. The third-order valence-corrected chi connectivity index (χ3v) is 5.82. The number of anilines is 2. The molecule has 0 saturated carbocycles. The summed E-state index contributed by atoms with van der Waals surface area (Å²) in [6, 6.07) is 8.44. The van der Waals surface area contributed by atoms with Crippen LogP contribution >= 0.6 is 11.3 Å². The van der Waals surface area contributed by atoms with Gasteiger partial charge in [-0.25, -0.2) is 9.97 Å². The Morgan fingerprint density at radius 1 is 0.815 bits per heavy atom. The van der Waals surface area contributed by atoms with E-state index < -0.39 is 0 Å². The second-order valence-corrected chi connectivity index (χ2v) is 7.36. The van der Waals surface area contributed by atoms with Crippen molar-refractivity contribution in [1.82, 2.24) is 19.9 Å². The molecule has 3 aromatic heterocycles. The van der Waals surface area contributed by atoms with Crippen molar-refractivity contribution >= 4 is 33.1 Å². The number of nitrogens with zero attached hydrogens (tertiary/aromatic N) is 6. The van der Waals surface area contributed by atoms with Crippen LogP contribution in [0.5, 0.6) is 0 Å². The van der Waals surface area contributed by atoms with Gasteiger partial charge in [0.05, 0.1) is 24.3 Å². The molecule has 1 aliphatic heterocycles. The molecule has 5 rings (SSSR count). The molecule has 1 aromatic carbocycles. The van der Waals surface area contributed by atoms with Gasteiger partial charge in [0.15, 0.2) is 0 Å². The van der Waals surface area contributed by atoms with E-state index in [0.717, 1.165) is 49.1 Å². The Balaban J connectivity index is 1.37. The number of piperazine rings is 1. The average Bonchev–Trinajstić information content (AvgIpc) is 3.19. The van der Waals surface area contributed by atoms with E-state index in [1.807, 2.05) is 18.6 Å². The smallest absolute Gasteiger partial charge is 0.147 e. The molecule has 0 spiro atoms. The fourth-order valence-electron chi connectivity index (χ4n) is 3.43. The van der Waals surface area contributed by atoms with E-state index in [2.05, 4.69) is 54.4 Å². The zero-order chi connectivity index (χ0) is 18.1. The Morgan fingerprint density at radius 2 is 1.59 bits per heavy atom. The fourth-order valence-corrected chi connectivity index (χ4v) is 4.39. The first-order valence-corrected chi connectivity index (χ1v) is 9.81. The lowest BCUT2D eigenvalue weighted by Crippen LogP contribution is -2.47. The van der Waals surface area contributed by atoms with Crippen molar-refractivity contribution < 1.29 is 0 Å². The highest BCUT2D eigenvalue weighted by Gasteiger charge is 2.20. The van der Waals surface area contributed by atoms with Gasteiger partial charge >= 0.3 is 0 Å². The van der Waals surface area contributed by atoms with Crippen LogP contribution in [0.3, 0.4) is 0 Å². The first-order valence-electron chi connectivity index (χ1n) is 8.93. The number of fused-ring (bicyclic) bond motifs is 1. The molecule has 6 nitrogen and oxygen atoms in total. The van der Waals surface area contributed by atoms with Crippen molar-refractivity contribution in [2.24, 2.45) is 0 Å². The van der Waals surface area contributed by atoms with Gasteiger partial charge in [-0.2, -0.15) is 0 Å². The van der Waals surface area contributed by atoms with Crippen LogP contribution in [-0.2, 0) is 0 Å². The molecule has 4 aromatic rings. The van der Waals surface area contributed by atoms with Crippen LogP contribution in [0, 0.1) is 0 Å². The van der Waals surface area contributed by atoms with Crippen molar-refractivity contribution in [1.29, 1.82) is 0 Å². The number of thiophene rings is 1. The molecule has 0 N–H and O–H groups in total. The number of rotatable bonds is 3. The summed E-state index contributed by atoms with van der Waals surface area (Å²) < 4.78 is 1.28. The van der Waals surface area contributed by atoms with Gasteiger partial charge in [0.2, 0.25) is 0 Å². The highest BCUT2D eigenvalue weighted by molar-refractivity contribution is 7.17. The minimum absolute atomic E-state index is 0.888. The summed E-state index contributed by atoms with van der Waals surface area (Å²) in [6.07, 6.45) is 8.97. The van der Waals surface area contributed by atoms with Crippen molar-refractivity contribution in [3.8, 4) is 11.3 Å². The van der Waals surface area contributed by atoms with Gasteiger partial charge in [0.1, 0.15) is 11.6 Å². The molecule has 1 aliphatic rings. The molecule has 0 amide bonds. The van der Waals surface area contributed by atoms with Crippen LogP contribution < -0.4 is 9.80 Å². The van der Waals surface area contributed by atoms with Crippen LogP contribution in [0.25, 0.3) is 21.3 Å². The monoisotopic (exact) mass is 374 g/mol. The van der Waals surface area contributed by atoms with E-state index in [4.69, 9.17) is 4.98 Å². The molecule has 0 bridgehead atoms. The Bertz CT molecular complexity index is 1060. The molecular formula is C20H18N6S. The summed E-state index contributed by atoms with van der Waals surface area (Å²) in [5.41, 5.74) is 2.09. The summed E-state index contributed by atoms with van der Waals surface area (Å²) in [5, 5.41) is 3.41. The molecule has 1 fully saturated rings. The molecule has 7 heteroatoms. The summed E-state index contributed by atoms with van der Waals surface area (Å²) >= 11 is 1.75. The van der Waals surface area contributed by atoms with E-state index in [1.165, 1.54) is 10.1 Å². The Hall–Kier alpha value is -3.06. The normalized spacial score (nSPS) is 14.7. The minimum atomic E-state index is 0.888. The van der Waals surface area contributed by atoms with Crippen molar-refractivity contribution in [3.05, 3.63) is 60.6 Å². The Kier molecular flexibility index (Phi) is 4.14. The number of hydrogen-bond donors (Lipinski definition) is 0. The number of hydrogen-bond acceptors (Lipinski definition) is 7. The third-order valence-electron chi connectivity index (χ3n) is 4.86. The number of aromatic nitrogens is 4. The van der Waals surface area contributed by atoms with Gasteiger partial charge in [-0.15, -0.1) is 11.3 Å². The zero-order valence-corrected chi connectivity index (χ0v) is 15.5. The van der Waals surface area contributed by atoms with Crippen LogP contribution in [-0.4, -0.2) is 46.1 Å². The highest BCUT2D eigenvalue weighted by Crippen LogP contribution is 2.33. The van der Waals surface area contributed by atoms with Crippen molar-refractivity contribution in [2.75, 3.05) is 36.0 Å². The molecule has 0 radical (unpaired) electrons. The summed E-state index contributed by atoms with van der Waals surface area (Å²) in [7, 11) is 0. The van der Waals surface area contributed by atoms with E-state index in [9.17, 15) is 0 Å². The Labute approximate surface area is 161 Å². The quantitative estimate of drug-likeness (QED) is 0.547. The van der Waals surface area contributed by atoms with Crippen LogP contribution in [0.15, 0.2) is 60.6 Å². The maximum absolute atomic E-state index is 4.91. The van der Waals surface area contributed by atoms with Crippen molar-refractivity contribution in [3.63, 3.8) is 0 Å². The van der Waals surface area contributed by atoms with E-state index in [1.54, 1.807) is 23.7 Å². The predicted molar refractivity (Wildman–Crippen MR) is 109 cm³/mol. The van der Waals surface area contributed by atoms with Gasteiger partial charge in [-0.05, 0) is 6.07 Å². The molecule has 0 unspecified atom stereocenters. The van der Waals surface area contributed by atoms with Crippen molar-refractivity contribution in [2.45, 2.75) is 0 Å². The summed E-state index contributed by atoms with van der Waals surface area (Å²) in [6.45, 7) is 3.57. The van der Waals surface area contributed by atoms with Gasteiger partial charge in [-0.3, -0.25) is 9.97 Å². The lowest BCUT2D eigenvalue weighted by Gasteiger charge is -2.35. The standard InChI is InChI=1S/C20H18N6S/c1-2-4-18-15(3-1)16(14-27-18)17-11-22-13-20(24-17)26-9-7-25(8-10-26)19-12-21-5-6-23-19/h1-6,11-14H,7-10H2. The summed E-state index contributed by atoms with van der Waals surface area (Å²) in [5.74, 6) is 1.86. The Morgan fingerprint density at radius 3 is 2.41 bits per heavy atom. The maximum Gasteiger partial charge on any atom is 0.147 e. The molecule has 0 atom stereocenters. The minimum Gasteiger partial charge on any atom is -0.352 e. The lowest BCUT2D eigenvalue weighted by molar-refractivity contribution is 0.640. The lowest BCUT2D eigenvalue weighted by atomic mass is 10.1. The second kappa shape index (κ2) is 6.92. The van der Waals surface area contributed by atoms with E-state index in [0.29, 0.717) is 0 Å². The first-order chi connectivity index (χ1) is 13.4. The largest absolute Gasteiger partial charge is 0.352 e. The van der Waals surface area contributed by atoms with E-state index >= 15 is 0 Å². The fraction of sp³-hybridized carbons (Fsp3) is 0.200. The summed E-state index contributed by atoms with van der Waals surface area (Å²) in [4.78, 5) is 22.5. The molecule has 1 saturated heterocycles. The van der Waals surface area contributed by atoms with Crippen LogP contribution in [0.2, 0.25) is 0 Å². The first kappa shape index (κ1) is 16.1. The van der Waals surface area contributed by atoms with E-state index in [-0.39, 0.29) is 0 Å². The number of benzene rings is 1. The predicted octanol–water partition coefficient (Wildman–Crippen LogP) is 3.47. The van der Waals surface area contributed by atoms with Gasteiger partial charge in [0.25, 0.3) is 0 Å². The van der Waals surface area contributed by atoms with Gasteiger partial charge < -0.3 is 9.80 Å². The van der Waals surface area contributed by atoms with Crippen LogP contribution in [0.1, 0.15) is 0 Å². The molecule has 4 heterocycles. The average molecular weight is 374 g/mol. The van der Waals surface area contributed by atoms with Gasteiger partial charge in [-0.1, -0.05) is 18.2 Å². The highest BCUT2D eigenvalue weighted by atomic mass is 32.1. The second-order valence-electron chi connectivity index (χ2n) is 6.45. The zero-order valence-electron chi connectivity index (χ0n) is 14.7. The van der Waals surface area contributed by atoms with Crippen LogP contribution in [0.4, 0.5) is 11.6 Å². The SMILES string of the molecule is c1ccc2c(-c3cncc(N4CCN(c5cnccn5)CC4)n3)csc2c1.